The molecule has 1 N–H and O–H groups in total. The van der Waals surface area contributed by atoms with Crippen LogP contribution in [-0.2, 0) is 4.74 Å². The number of nitrogens with zero attached hydrogens (tertiary/aromatic N) is 3. The number of likely N-dealkylation sites (tertiary alicyclic amines) is 1. The molecule has 2 amide bonds. The number of hydrogen-bond donors (Lipinski definition) is 1. The number of rotatable bonds is 4. The van der Waals surface area contributed by atoms with E-state index >= 15 is 0 Å². The quantitative estimate of drug-likeness (QED) is 0.360. The highest BCUT2D eigenvalue weighted by atomic mass is 16.6. The second-order valence-electron chi connectivity index (χ2n) is 10.6. The summed E-state index contributed by atoms with van der Waals surface area (Å²) in [6.07, 6.45) is 0.938. The third-order valence-electron chi connectivity index (χ3n) is 6.51. The lowest BCUT2D eigenvalue weighted by Crippen LogP contribution is -2.47. The lowest BCUT2D eigenvalue weighted by atomic mass is 10.0. The summed E-state index contributed by atoms with van der Waals surface area (Å²) in [6, 6.07) is 25.5. The second kappa shape index (κ2) is 10.6. The van der Waals surface area contributed by atoms with Gasteiger partial charge in [0.1, 0.15) is 5.60 Å². The zero-order valence-corrected chi connectivity index (χ0v) is 22.0. The molecule has 4 aromatic rings. The van der Waals surface area contributed by atoms with Crippen LogP contribution in [0, 0.1) is 0 Å². The monoisotopic (exact) mass is 508 g/mol. The molecule has 1 aromatic heterocycles. The fourth-order valence-electron chi connectivity index (χ4n) is 4.67. The number of hydrogen-bond acceptors (Lipinski definition) is 5. The number of carbonyl (C=O) groups excluding carboxylic acids is 2. The fraction of sp³-hybridized carbons (Fsp3) is 0.290. The first-order chi connectivity index (χ1) is 18.3. The van der Waals surface area contributed by atoms with Crippen molar-refractivity contribution in [2.24, 2.45) is 0 Å². The number of ether oxygens (including phenoxy) is 1. The molecular weight excluding hydrogens is 476 g/mol. The van der Waals surface area contributed by atoms with Gasteiger partial charge in [-0.3, -0.25) is 4.79 Å². The van der Waals surface area contributed by atoms with Crippen molar-refractivity contribution in [3.63, 3.8) is 0 Å². The van der Waals surface area contributed by atoms with E-state index in [0.29, 0.717) is 37.0 Å². The number of piperidine rings is 1. The van der Waals surface area contributed by atoms with E-state index in [1.54, 1.807) is 0 Å². The van der Waals surface area contributed by atoms with Gasteiger partial charge in [-0.1, -0.05) is 60.7 Å². The van der Waals surface area contributed by atoms with E-state index in [1.165, 1.54) is 0 Å². The second-order valence-corrected chi connectivity index (χ2v) is 10.6. The van der Waals surface area contributed by atoms with Gasteiger partial charge < -0.3 is 15.0 Å². The standard InChI is InChI=1S/C31H32N4O3/c1-31(2,3)38-30(37)32-24-16-18-35(19-17-24)29(36)23-14-15-25-26(20-23)34-28(22-12-8-5-9-13-22)27(33-25)21-10-6-4-7-11-21/h4-15,20,24H,16-19H2,1-3H3,(H,32,37). The van der Waals surface area contributed by atoms with Crippen LogP contribution >= 0.6 is 0 Å². The molecule has 2 heterocycles. The van der Waals surface area contributed by atoms with Crippen molar-refractivity contribution in [3.8, 4) is 22.5 Å². The van der Waals surface area contributed by atoms with Crippen molar-refractivity contribution in [1.29, 1.82) is 0 Å². The Kier molecular flexibility index (Phi) is 7.09. The summed E-state index contributed by atoms with van der Waals surface area (Å²) in [6.45, 7) is 6.64. The van der Waals surface area contributed by atoms with E-state index in [4.69, 9.17) is 14.7 Å². The van der Waals surface area contributed by atoms with Gasteiger partial charge in [-0.05, 0) is 51.8 Å². The molecule has 1 aliphatic rings. The van der Waals surface area contributed by atoms with Crippen LogP contribution in [0.15, 0.2) is 78.9 Å². The Labute approximate surface area is 222 Å². The molecule has 1 fully saturated rings. The van der Waals surface area contributed by atoms with Crippen molar-refractivity contribution < 1.29 is 14.3 Å². The van der Waals surface area contributed by atoms with Crippen LogP contribution in [0.25, 0.3) is 33.5 Å². The highest BCUT2D eigenvalue weighted by Gasteiger charge is 2.26. The van der Waals surface area contributed by atoms with Crippen LogP contribution in [0.5, 0.6) is 0 Å². The number of carbonyl (C=O) groups is 2. The molecule has 7 heteroatoms. The topological polar surface area (TPSA) is 84.4 Å². The first kappa shape index (κ1) is 25.4. The first-order valence-corrected chi connectivity index (χ1v) is 13.0. The normalized spacial score (nSPS) is 14.3. The molecule has 3 aromatic carbocycles. The Morgan fingerprint density at radius 1 is 0.816 bits per heavy atom. The molecule has 1 aliphatic heterocycles. The van der Waals surface area contributed by atoms with Gasteiger partial charge in [0.2, 0.25) is 0 Å². The molecule has 1 saturated heterocycles. The van der Waals surface area contributed by atoms with Crippen molar-refractivity contribution in [1.82, 2.24) is 20.2 Å². The minimum absolute atomic E-state index is 0.0128. The number of benzene rings is 3. The van der Waals surface area contributed by atoms with Gasteiger partial charge in [0.25, 0.3) is 5.91 Å². The van der Waals surface area contributed by atoms with E-state index in [0.717, 1.165) is 28.0 Å². The van der Waals surface area contributed by atoms with E-state index in [1.807, 2.05) is 105 Å². The van der Waals surface area contributed by atoms with Crippen LogP contribution < -0.4 is 5.32 Å². The zero-order valence-electron chi connectivity index (χ0n) is 22.0. The third kappa shape index (κ3) is 5.83. The van der Waals surface area contributed by atoms with Gasteiger partial charge in [0.05, 0.1) is 22.4 Å². The Morgan fingerprint density at radius 2 is 1.37 bits per heavy atom. The van der Waals surface area contributed by atoms with Crippen molar-refractivity contribution in [2.75, 3.05) is 13.1 Å². The summed E-state index contributed by atoms with van der Waals surface area (Å²) in [5.41, 5.74) is 5.00. The smallest absolute Gasteiger partial charge is 0.407 e. The first-order valence-electron chi connectivity index (χ1n) is 13.0. The lowest BCUT2D eigenvalue weighted by Gasteiger charge is -2.33. The number of alkyl carbamates (subject to hydrolysis) is 1. The molecule has 0 atom stereocenters. The summed E-state index contributed by atoms with van der Waals surface area (Å²) in [5.74, 6) is -0.0437. The average Bonchev–Trinajstić information content (AvgIpc) is 2.92. The molecule has 38 heavy (non-hydrogen) atoms. The number of amides is 2. The molecule has 0 unspecified atom stereocenters. The van der Waals surface area contributed by atoms with Gasteiger partial charge in [-0.2, -0.15) is 0 Å². The van der Waals surface area contributed by atoms with Crippen LogP contribution in [0.3, 0.4) is 0 Å². The van der Waals surface area contributed by atoms with Gasteiger partial charge in [-0.15, -0.1) is 0 Å². The number of fused-ring (bicyclic) bond motifs is 1. The van der Waals surface area contributed by atoms with Crippen molar-refractivity contribution >= 4 is 23.0 Å². The van der Waals surface area contributed by atoms with Crippen LogP contribution in [0.2, 0.25) is 0 Å². The summed E-state index contributed by atoms with van der Waals surface area (Å²) < 4.78 is 5.36. The summed E-state index contributed by atoms with van der Waals surface area (Å²) in [4.78, 5) is 37.3. The van der Waals surface area contributed by atoms with E-state index < -0.39 is 11.7 Å². The summed E-state index contributed by atoms with van der Waals surface area (Å²) in [7, 11) is 0. The molecule has 0 saturated carbocycles. The number of aromatic nitrogens is 2. The van der Waals surface area contributed by atoms with Gasteiger partial charge >= 0.3 is 6.09 Å². The van der Waals surface area contributed by atoms with E-state index in [-0.39, 0.29) is 11.9 Å². The van der Waals surface area contributed by atoms with Crippen molar-refractivity contribution in [3.05, 3.63) is 84.4 Å². The van der Waals surface area contributed by atoms with Gasteiger partial charge in [0.15, 0.2) is 0 Å². The van der Waals surface area contributed by atoms with Crippen LogP contribution in [-0.4, -0.2) is 51.6 Å². The Balaban J connectivity index is 1.37. The summed E-state index contributed by atoms with van der Waals surface area (Å²) >= 11 is 0. The number of nitrogens with one attached hydrogen (secondary N) is 1. The molecule has 5 rings (SSSR count). The van der Waals surface area contributed by atoms with Crippen LogP contribution in [0.1, 0.15) is 44.0 Å². The maximum absolute atomic E-state index is 13.4. The maximum atomic E-state index is 13.4. The molecule has 0 bridgehead atoms. The highest BCUT2D eigenvalue weighted by Crippen LogP contribution is 2.31. The minimum atomic E-state index is -0.540. The zero-order chi connectivity index (χ0) is 26.7. The molecule has 0 radical (unpaired) electrons. The minimum Gasteiger partial charge on any atom is -0.444 e. The fourth-order valence-corrected chi connectivity index (χ4v) is 4.67. The third-order valence-corrected chi connectivity index (χ3v) is 6.51. The largest absolute Gasteiger partial charge is 0.444 e. The lowest BCUT2D eigenvalue weighted by molar-refractivity contribution is 0.0473. The predicted octanol–water partition coefficient (Wildman–Crippen LogP) is 6.09. The van der Waals surface area contributed by atoms with E-state index in [9.17, 15) is 9.59 Å². The van der Waals surface area contributed by atoms with Gasteiger partial charge in [0, 0.05) is 35.8 Å². The van der Waals surface area contributed by atoms with E-state index in [2.05, 4.69) is 5.32 Å². The molecule has 0 spiro atoms. The summed E-state index contributed by atoms with van der Waals surface area (Å²) in [5, 5.41) is 2.92. The molecule has 7 nitrogen and oxygen atoms in total. The maximum Gasteiger partial charge on any atom is 0.407 e. The molecular formula is C31H32N4O3. The van der Waals surface area contributed by atoms with Crippen LogP contribution in [0.4, 0.5) is 4.79 Å². The average molecular weight is 509 g/mol. The molecule has 0 aliphatic carbocycles. The highest BCUT2D eigenvalue weighted by molar-refractivity contribution is 5.98. The SMILES string of the molecule is CC(C)(C)OC(=O)NC1CCN(C(=O)c2ccc3nc(-c4ccccc4)c(-c4ccccc4)nc3c2)CC1. The Morgan fingerprint density at radius 3 is 1.92 bits per heavy atom. The Hall–Kier alpha value is -4.26. The van der Waals surface area contributed by atoms with Crippen molar-refractivity contribution in [2.45, 2.75) is 45.3 Å². The predicted molar refractivity (Wildman–Crippen MR) is 149 cm³/mol. The van der Waals surface area contributed by atoms with Gasteiger partial charge in [-0.25, -0.2) is 14.8 Å². The Bertz CT molecular complexity index is 1440. The molecule has 194 valence electrons.